The number of carbonyl (C=O) groups is 1. The molecular weight excluding hydrogens is 468 g/mol. The van der Waals surface area contributed by atoms with Crippen molar-refractivity contribution < 1.29 is 9.53 Å². The fourth-order valence-corrected chi connectivity index (χ4v) is 11.0. The average Bonchev–Trinajstić information content (AvgIpc) is 2.81. The molecule has 1 unspecified atom stereocenters. The maximum absolute atomic E-state index is 13.9. The Morgan fingerprint density at radius 1 is 0.943 bits per heavy atom. The third kappa shape index (κ3) is 7.48. The number of halogens is 1. The van der Waals surface area contributed by atoms with Gasteiger partial charge in [0.2, 0.25) is 0 Å². The molecule has 0 aromatic heterocycles. The zero-order valence-electron chi connectivity index (χ0n) is 22.7. The summed E-state index contributed by atoms with van der Waals surface area (Å²) in [6.07, 6.45) is 3.09. The number of esters is 1. The van der Waals surface area contributed by atoms with Crippen molar-refractivity contribution in [2.45, 2.75) is 97.4 Å². The predicted molar refractivity (Wildman–Crippen MR) is 152 cm³/mol. The highest BCUT2D eigenvalue weighted by Crippen LogP contribution is 2.42. The highest BCUT2D eigenvalue weighted by Gasteiger charge is 2.44. The molecule has 190 valence electrons. The van der Waals surface area contributed by atoms with Gasteiger partial charge in [-0.15, -0.1) is 5.54 Å². The Hall–Kier alpha value is -2.02. The van der Waals surface area contributed by atoms with Crippen molar-refractivity contribution in [3.05, 3.63) is 70.7 Å². The van der Waals surface area contributed by atoms with Crippen LogP contribution in [0.3, 0.4) is 0 Å². The van der Waals surface area contributed by atoms with Crippen molar-refractivity contribution in [1.82, 2.24) is 0 Å². The number of carbonyl (C=O) groups excluding carboxylic acids is 1. The molecule has 2 aromatic rings. The molecule has 0 aliphatic rings. The second-order valence-corrected chi connectivity index (χ2v) is 16.7. The molecule has 2 rings (SSSR count). The Balaban J connectivity index is 2.61. The van der Waals surface area contributed by atoms with Gasteiger partial charge in [-0.05, 0) is 52.7 Å². The molecule has 0 bridgehead atoms. The van der Waals surface area contributed by atoms with E-state index in [2.05, 4.69) is 59.9 Å². The first-order chi connectivity index (χ1) is 16.6. The highest BCUT2D eigenvalue weighted by atomic mass is 35.5. The van der Waals surface area contributed by atoms with Gasteiger partial charge in [0.25, 0.3) is 0 Å². The SMILES string of the molecule is CCCCC(C#C[Si](C(C)C)(C(C)C)C(C)C)(Cc1cccc(Cl)c1)C(=O)OCc1ccccc1. The minimum atomic E-state index is -2.03. The maximum atomic E-state index is 13.9. The molecule has 35 heavy (non-hydrogen) atoms. The maximum Gasteiger partial charge on any atom is 0.324 e. The van der Waals surface area contributed by atoms with Crippen LogP contribution in [0.2, 0.25) is 21.6 Å². The molecular formula is C31H43ClO2Si. The van der Waals surface area contributed by atoms with Crippen molar-refractivity contribution in [3.8, 4) is 11.5 Å². The zero-order chi connectivity index (χ0) is 26.1. The van der Waals surface area contributed by atoms with E-state index in [0.717, 1.165) is 24.0 Å². The third-order valence-electron chi connectivity index (χ3n) is 7.34. The minimum Gasteiger partial charge on any atom is -0.460 e. The van der Waals surface area contributed by atoms with E-state index >= 15 is 0 Å². The number of hydrogen-bond donors (Lipinski definition) is 0. The summed E-state index contributed by atoms with van der Waals surface area (Å²) < 4.78 is 5.98. The summed E-state index contributed by atoms with van der Waals surface area (Å²) in [5, 5.41) is 0.674. The molecule has 0 saturated carbocycles. The molecule has 0 amide bonds. The van der Waals surface area contributed by atoms with Crippen LogP contribution in [0.5, 0.6) is 0 Å². The Bertz CT molecular complexity index is 982. The van der Waals surface area contributed by atoms with E-state index in [1.54, 1.807) is 0 Å². The van der Waals surface area contributed by atoms with Gasteiger partial charge in [0.15, 0.2) is 0 Å². The average molecular weight is 511 g/mol. The number of unbranched alkanes of at least 4 members (excludes halogenated alkanes) is 1. The summed E-state index contributed by atoms with van der Waals surface area (Å²) in [6, 6.07) is 17.7. The van der Waals surface area contributed by atoms with Crippen molar-refractivity contribution >= 4 is 25.6 Å². The largest absolute Gasteiger partial charge is 0.460 e. The van der Waals surface area contributed by atoms with E-state index in [9.17, 15) is 4.79 Å². The summed E-state index contributed by atoms with van der Waals surface area (Å²) in [5.74, 6) is 3.43. The van der Waals surface area contributed by atoms with Gasteiger partial charge in [0, 0.05) is 5.02 Å². The van der Waals surface area contributed by atoms with Gasteiger partial charge in [-0.3, -0.25) is 4.79 Å². The van der Waals surface area contributed by atoms with Gasteiger partial charge in [-0.2, -0.15) is 0 Å². The molecule has 1 atom stereocenters. The molecule has 2 nitrogen and oxygen atoms in total. The highest BCUT2D eigenvalue weighted by molar-refractivity contribution is 6.90. The van der Waals surface area contributed by atoms with Crippen LogP contribution in [0.25, 0.3) is 0 Å². The van der Waals surface area contributed by atoms with Gasteiger partial charge >= 0.3 is 5.97 Å². The lowest BCUT2D eigenvalue weighted by atomic mass is 9.78. The Labute approximate surface area is 219 Å². The van der Waals surface area contributed by atoms with E-state index in [1.165, 1.54) is 0 Å². The molecule has 0 spiro atoms. The fourth-order valence-electron chi connectivity index (χ4n) is 5.42. The summed E-state index contributed by atoms with van der Waals surface area (Å²) in [5.41, 5.74) is 6.43. The van der Waals surface area contributed by atoms with Crippen LogP contribution >= 0.6 is 11.6 Å². The summed E-state index contributed by atoms with van der Waals surface area (Å²) in [7, 11) is -2.03. The predicted octanol–water partition coefficient (Wildman–Crippen LogP) is 9.02. The molecule has 0 saturated heterocycles. The number of hydrogen-bond acceptors (Lipinski definition) is 2. The molecule has 0 aliphatic carbocycles. The first-order valence-electron chi connectivity index (χ1n) is 13.1. The van der Waals surface area contributed by atoms with Crippen LogP contribution in [-0.2, 0) is 22.6 Å². The lowest BCUT2D eigenvalue weighted by Crippen LogP contribution is -2.44. The van der Waals surface area contributed by atoms with Crippen LogP contribution in [0.15, 0.2) is 54.6 Å². The summed E-state index contributed by atoms with van der Waals surface area (Å²) in [4.78, 5) is 13.9. The molecule has 0 radical (unpaired) electrons. The molecule has 2 aromatic carbocycles. The summed E-state index contributed by atoms with van der Waals surface area (Å²) in [6.45, 7) is 16.2. The molecule has 4 heteroatoms. The van der Waals surface area contributed by atoms with Gasteiger partial charge in [-0.25, -0.2) is 0 Å². The normalized spacial score (nSPS) is 13.5. The Morgan fingerprint density at radius 3 is 2.09 bits per heavy atom. The first-order valence-corrected chi connectivity index (χ1v) is 15.7. The van der Waals surface area contributed by atoms with Crippen LogP contribution in [0, 0.1) is 16.9 Å². The van der Waals surface area contributed by atoms with Crippen molar-refractivity contribution in [2.75, 3.05) is 0 Å². The van der Waals surface area contributed by atoms with Gasteiger partial charge in [0.1, 0.15) is 20.1 Å². The molecule has 0 heterocycles. The second kappa shape index (κ2) is 13.3. The lowest BCUT2D eigenvalue weighted by Gasteiger charge is -2.38. The minimum absolute atomic E-state index is 0.221. The smallest absolute Gasteiger partial charge is 0.324 e. The molecule has 0 N–H and O–H groups in total. The lowest BCUT2D eigenvalue weighted by molar-refractivity contribution is -0.154. The number of benzene rings is 2. The fraction of sp³-hybridized carbons (Fsp3) is 0.516. The van der Waals surface area contributed by atoms with E-state index in [0.29, 0.717) is 34.5 Å². The van der Waals surface area contributed by atoms with E-state index < -0.39 is 13.5 Å². The van der Waals surface area contributed by atoms with E-state index in [1.807, 2.05) is 54.6 Å². The second-order valence-electron chi connectivity index (χ2n) is 10.7. The van der Waals surface area contributed by atoms with Gasteiger partial charge in [0.05, 0.1) is 0 Å². The van der Waals surface area contributed by atoms with Crippen LogP contribution in [-0.4, -0.2) is 14.0 Å². The Morgan fingerprint density at radius 2 is 1.54 bits per heavy atom. The Kier molecular flexibility index (Phi) is 11.1. The standard InChI is InChI=1S/C31H43ClO2Si/c1-8-9-18-31(22-28-16-13-17-29(32)21-28,30(33)34-23-27-14-11-10-12-15-27)19-20-35(24(2)3,25(4)5)26(6)7/h10-17,21,24-26H,8-9,18,22-23H2,1-7H3. The van der Waals surface area contributed by atoms with Gasteiger partial charge < -0.3 is 4.74 Å². The van der Waals surface area contributed by atoms with Crippen molar-refractivity contribution in [3.63, 3.8) is 0 Å². The quantitative estimate of drug-likeness (QED) is 0.171. The first kappa shape index (κ1) is 29.2. The van der Waals surface area contributed by atoms with E-state index in [-0.39, 0.29) is 12.6 Å². The van der Waals surface area contributed by atoms with E-state index in [4.69, 9.17) is 16.3 Å². The molecule has 0 fully saturated rings. The third-order valence-corrected chi connectivity index (χ3v) is 13.9. The van der Waals surface area contributed by atoms with Crippen LogP contribution < -0.4 is 0 Å². The number of ether oxygens (including phenoxy) is 1. The monoisotopic (exact) mass is 510 g/mol. The van der Waals surface area contributed by atoms with Crippen LogP contribution in [0.4, 0.5) is 0 Å². The van der Waals surface area contributed by atoms with Crippen LogP contribution in [0.1, 0.15) is 78.9 Å². The molecule has 0 aliphatic heterocycles. The topological polar surface area (TPSA) is 26.3 Å². The summed E-state index contributed by atoms with van der Waals surface area (Å²) >= 11 is 6.33. The van der Waals surface area contributed by atoms with Crippen molar-refractivity contribution in [2.24, 2.45) is 5.41 Å². The zero-order valence-corrected chi connectivity index (χ0v) is 24.4. The van der Waals surface area contributed by atoms with Crippen molar-refractivity contribution in [1.29, 1.82) is 0 Å². The van der Waals surface area contributed by atoms with Gasteiger partial charge in [-0.1, -0.05) is 121 Å². The number of rotatable bonds is 11.